The largest absolute Gasteiger partial charge is 0.447 e. The van der Waals surface area contributed by atoms with Gasteiger partial charge in [-0.15, -0.1) is 0 Å². The van der Waals surface area contributed by atoms with Crippen molar-refractivity contribution in [2.45, 2.75) is 12.8 Å². The highest BCUT2D eigenvalue weighted by molar-refractivity contribution is 5.96. The number of anilines is 2. The van der Waals surface area contributed by atoms with Crippen molar-refractivity contribution in [3.8, 4) is 5.75 Å². The van der Waals surface area contributed by atoms with Crippen molar-refractivity contribution in [2.24, 2.45) is 0 Å². The maximum absolute atomic E-state index is 12.3. The molecule has 7 nitrogen and oxygen atoms in total. The predicted molar refractivity (Wildman–Crippen MR) is 98.1 cm³/mol. The number of benzene rings is 2. The number of amides is 2. The number of carbonyl (C=O) groups is 3. The lowest BCUT2D eigenvalue weighted by Gasteiger charge is -2.16. The molecular weight excluding hydrogens is 348 g/mol. The Labute approximate surface area is 156 Å². The molecule has 4 rings (SSSR count). The van der Waals surface area contributed by atoms with Crippen molar-refractivity contribution in [1.82, 2.24) is 0 Å². The third kappa shape index (κ3) is 3.48. The summed E-state index contributed by atoms with van der Waals surface area (Å²) in [7, 11) is 0. The first-order chi connectivity index (χ1) is 13.1. The fourth-order valence-electron chi connectivity index (χ4n) is 3.19. The highest BCUT2D eigenvalue weighted by Crippen LogP contribution is 2.25. The zero-order valence-corrected chi connectivity index (χ0v) is 14.6. The second-order valence-corrected chi connectivity index (χ2v) is 6.35. The first kappa shape index (κ1) is 17.1. The lowest BCUT2D eigenvalue weighted by molar-refractivity contribution is -0.117. The Morgan fingerprint density at radius 2 is 1.56 bits per heavy atom. The molecule has 2 heterocycles. The summed E-state index contributed by atoms with van der Waals surface area (Å²) in [6, 6.07) is 13.5. The van der Waals surface area contributed by atoms with Crippen LogP contribution in [0.15, 0.2) is 48.5 Å². The van der Waals surface area contributed by atoms with Crippen LogP contribution in [0, 0.1) is 0 Å². The van der Waals surface area contributed by atoms with Crippen LogP contribution in [0.3, 0.4) is 0 Å². The van der Waals surface area contributed by atoms with Gasteiger partial charge in [-0.1, -0.05) is 0 Å². The molecule has 0 radical (unpaired) electrons. The van der Waals surface area contributed by atoms with Crippen molar-refractivity contribution in [2.75, 3.05) is 29.5 Å². The zero-order valence-electron chi connectivity index (χ0n) is 14.6. The molecule has 0 spiro atoms. The molecule has 2 aliphatic heterocycles. The van der Waals surface area contributed by atoms with E-state index in [-0.39, 0.29) is 12.0 Å². The van der Waals surface area contributed by atoms with Crippen LogP contribution in [0.4, 0.5) is 16.2 Å². The quantitative estimate of drug-likeness (QED) is 0.614. The molecular formula is C20H18N2O5. The van der Waals surface area contributed by atoms with Crippen molar-refractivity contribution in [3.05, 3.63) is 54.1 Å². The molecule has 0 N–H and O–H groups in total. The second kappa shape index (κ2) is 7.11. The number of carbonyl (C=O) groups excluding carboxylic acids is 3. The molecule has 2 amide bonds. The van der Waals surface area contributed by atoms with Gasteiger partial charge in [0.1, 0.15) is 12.4 Å². The second-order valence-electron chi connectivity index (χ2n) is 6.35. The summed E-state index contributed by atoms with van der Waals surface area (Å²) in [5, 5.41) is 0. The number of ether oxygens (including phenoxy) is 2. The summed E-state index contributed by atoms with van der Waals surface area (Å²) in [5.41, 5.74) is 1.86. The van der Waals surface area contributed by atoms with E-state index in [0.29, 0.717) is 36.6 Å². The van der Waals surface area contributed by atoms with Gasteiger partial charge in [0.25, 0.3) is 0 Å². The molecule has 2 aromatic carbocycles. The van der Waals surface area contributed by atoms with E-state index in [2.05, 4.69) is 0 Å². The van der Waals surface area contributed by atoms with E-state index in [0.717, 1.165) is 18.7 Å². The Hall–Kier alpha value is -3.35. The maximum atomic E-state index is 12.3. The first-order valence-corrected chi connectivity index (χ1v) is 8.79. The summed E-state index contributed by atoms with van der Waals surface area (Å²) in [5.74, 6) is 0.0276. The average molecular weight is 366 g/mol. The molecule has 138 valence electrons. The molecule has 2 fully saturated rings. The fourth-order valence-corrected chi connectivity index (χ4v) is 3.19. The monoisotopic (exact) mass is 366 g/mol. The molecule has 0 aromatic heterocycles. The van der Waals surface area contributed by atoms with E-state index in [4.69, 9.17) is 9.47 Å². The van der Waals surface area contributed by atoms with Gasteiger partial charge in [-0.2, -0.15) is 0 Å². The SMILES string of the molecule is O=C(Oc1ccc(N2CCCC2=O)cc1)c1ccc(N2CCOC2=O)cc1. The van der Waals surface area contributed by atoms with Gasteiger partial charge in [0.2, 0.25) is 5.91 Å². The smallest absolute Gasteiger partial charge is 0.414 e. The summed E-state index contributed by atoms with van der Waals surface area (Å²) >= 11 is 0. The van der Waals surface area contributed by atoms with Gasteiger partial charge >= 0.3 is 12.1 Å². The Morgan fingerprint density at radius 1 is 0.889 bits per heavy atom. The molecule has 0 unspecified atom stereocenters. The number of hydrogen-bond acceptors (Lipinski definition) is 5. The van der Waals surface area contributed by atoms with Gasteiger partial charge in [0.15, 0.2) is 0 Å². The van der Waals surface area contributed by atoms with Crippen molar-refractivity contribution in [1.29, 1.82) is 0 Å². The first-order valence-electron chi connectivity index (χ1n) is 8.79. The zero-order chi connectivity index (χ0) is 18.8. The number of cyclic esters (lactones) is 1. The third-order valence-corrected chi connectivity index (χ3v) is 4.61. The van der Waals surface area contributed by atoms with Crippen molar-refractivity contribution < 1.29 is 23.9 Å². The minimum Gasteiger partial charge on any atom is -0.447 e. The average Bonchev–Trinajstić information content (AvgIpc) is 3.31. The van der Waals surface area contributed by atoms with E-state index in [1.807, 2.05) is 0 Å². The van der Waals surface area contributed by atoms with Crippen molar-refractivity contribution >= 4 is 29.3 Å². The highest BCUT2D eigenvalue weighted by Gasteiger charge is 2.24. The third-order valence-electron chi connectivity index (χ3n) is 4.61. The van der Waals surface area contributed by atoms with Crippen LogP contribution >= 0.6 is 0 Å². The van der Waals surface area contributed by atoms with Crippen LogP contribution in [-0.2, 0) is 9.53 Å². The van der Waals surface area contributed by atoms with E-state index < -0.39 is 5.97 Å². The number of esters is 1. The molecule has 0 aliphatic carbocycles. The van der Waals surface area contributed by atoms with Crippen LogP contribution in [0.5, 0.6) is 5.75 Å². The van der Waals surface area contributed by atoms with Gasteiger partial charge < -0.3 is 14.4 Å². The molecule has 2 aliphatic rings. The summed E-state index contributed by atoms with van der Waals surface area (Å²) < 4.78 is 10.3. The molecule has 0 saturated carbocycles. The minimum absolute atomic E-state index is 0.113. The van der Waals surface area contributed by atoms with Gasteiger partial charge in [0.05, 0.1) is 12.1 Å². The fraction of sp³-hybridized carbons (Fsp3) is 0.250. The maximum Gasteiger partial charge on any atom is 0.414 e. The van der Waals surface area contributed by atoms with Crippen LogP contribution in [0.1, 0.15) is 23.2 Å². The molecule has 2 saturated heterocycles. The van der Waals surface area contributed by atoms with Gasteiger partial charge in [-0.25, -0.2) is 9.59 Å². The van der Waals surface area contributed by atoms with E-state index in [1.54, 1.807) is 53.4 Å². The van der Waals surface area contributed by atoms with Crippen LogP contribution in [0.25, 0.3) is 0 Å². The molecule has 0 atom stereocenters. The van der Waals surface area contributed by atoms with Crippen LogP contribution in [-0.4, -0.2) is 37.7 Å². The van der Waals surface area contributed by atoms with Crippen LogP contribution in [0.2, 0.25) is 0 Å². The highest BCUT2D eigenvalue weighted by atomic mass is 16.6. The number of hydrogen-bond donors (Lipinski definition) is 0. The minimum atomic E-state index is -0.490. The Bertz CT molecular complexity index is 876. The lowest BCUT2D eigenvalue weighted by atomic mass is 10.2. The molecule has 7 heteroatoms. The summed E-state index contributed by atoms with van der Waals surface area (Å²) in [6.07, 6.45) is 1.05. The standard InChI is InChI=1S/C20H18N2O5/c23-18-2-1-11-21(18)15-7-9-17(10-8-15)27-19(24)14-3-5-16(6-4-14)22-12-13-26-20(22)25/h3-10H,1-2,11-13H2. The summed E-state index contributed by atoms with van der Waals surface area (Å²) in [4.78, 5) is 38.9. The Kier molecular flexibility index (Phi) is 4.50. The topological polar surface area (TPSA) is 76.2 Å². The van der Waals surface area contributed by atoms with E-state index in [1.165, 1.54) is 4.90 Å². The summed E-state index contributed by atoms with van der Waals surface area (Å²) in [6.45, 7) is 1.57. The van der Waals surface area contributed by atoms with Crippen molar-refractivity contribution in [3.63, 3.8) is 0 Å². The van der Waals surface area contributed by atoms with E-state index >= 15 is 0 Å². The Morgan fingerprint density at radius 3 is 2.15 bits per heavy atom. The molecule has 0 bridgehead atoms. The lowest BCUT2D eigenvalue weighted by Crippen LogP contribution is -2.23. The molecule has 2 aromatic rings. The van der Waals surface area contributed by atoms with E-state index in [9.17, 15) is 14.4 Å². The van der Waals surface area contributed by atoms with Gasteiger partial charge in [0, 0.05) is 24.3 Å². The molecule has 27 heavy (non-hydrogen) atoms. The normalized spacial score (nSPS) is 16.6. The van der Waals surface area contributed by atoms with Gasteiger partial charge in [-0.3, -0.25) is 9.69 Å². The predicted octanol–water partition coefficient (Wildman–Crippen LogP) is 2.99. The Balaban J connectivity index is 1.41. The number of rotatable bonds is 4. The van der Waals surface area contributed by atoms with Crippen LogP contribution < -0.4 is 14.5 Å². The van der Waals surface area contributed by atoms with Gasteiger partial charge in [-0.05, 0) is 55.0 Å². The number of nitrogens with zero attached hydrogens (tertiary/aromatic N) is 2.